The Morgan fingerprint density at radius 3 is 2.75 bits per heavy atom. The molecule has 4 rings (SSSR count). The highest BCUT2D eigenvalue weighted by Crippen LogP contribution is 2.16. The predicted octanol–water partition coefficient (Wildman–Crippen LogP) is 2.01. The molecule has 0 aliphatic carbocycles. The molecule has 3 aromatic rings. The molecule has 1 aliphatic heterocycles. The molecular formula is C18H22N6. The lowest BCUT2D eigenvalue weighted by molar-refractivity contribution is 0.245. The van der Waals surface area contributed by atoms with Crippen LogP contribution in [-0.2, 0) is 13.0 Å². The number of hydrogen-bond donors (Lipinski definition) is 0. The van der Waals surface area contributed by atoms with Gasteiger partial charge in [0.2, 0.25) is 0 Å². The van der Waals surface area contributed by atoms with Gasteiger partial charge < -0.3 is 4.90 Å². The van der Waals surface area contributed by atoms with Crippen LogP contribution < -0.4 is 4.90 Å². The summed E-state index contributed by atoms with van der Waals surface area (Å²) >= 11 is 0. The summed E-state index contributed by atoms with van der Waals surface area (Å²) in [6, 6.07) is 10.5. The topological polar surface area (TPSA) is 49.6 Å². The minimum absolute atomic E-state index is 0.927. The molecule has 0 radical (unpaired) electrons. The van der Waals surface area contributed by atoms with Crippen LogP contribution in [0.5, 0.6) is 0 Å². The van der Waals surface area contributed by atoms with Gasteiger partial charge in [-0.05, 0) is 24.6 Å². The van der Waals surface area contributed by atoms with Crippen LogP contribution in [0.15, 0.2) is 42.9 Å². The van der Waals surface area contributed by atoms with Crippen molar-refractivity contribution in [1.82, 2.24) is 24.5 Å². The van der Waals surface area contributed by atoms with Gasteiger partial charge in [0.1, 0.15) is 12.1 Å². The number of fused-ring (bicyclic) bond motifs is 1. The number of nitrogens with zero attached hydrogens (tertiary/aromatic N) is 6. The molecule has 1 fully saturated rings. The fraction of sp³-hybridized carbons (Fsp3) is 0.389. The lowest BCUT2D eigenvalue weighted by atomic mass is 10.2. The Kier molecular flexibility index (Phi) is 4.13. The second-order valence-electron chi connectivity index (χ2n) is 6.17. The maximum absolute atomic E-state index is 4.44. The number of pyridine rings is 1. The molecular weight excluding hydrogens is 300 g/mol. The van der Waals surface area contributed by atoms with Gasteiger partial charge in [0, 0.05) is 50.7 Å². The summed E-state index contributed by atoms with van der Waals surface area (Å²) in [5, 5.41) is 4.43. The lowest BCUT2D eigenvalue weighted by Crippen LogP contribution is -2.46. The zero-order chi connectivity index (χ0) is 16.4. The van der Waals surface area contributed by atoms with Crippen molar-refractivity contribution in [3.8, 4) is 0 Å². The number of aryl methyl sites for hydroxylation is 1. The van der Waals surface area contributed by atoms with Gasteiger partial charge in [-0.2, -0.15) is 5.10 Å². The first kappa shape index (κ1) is 15.1. The Hall–Kier alpha value is -2.47. The van der Waals surface area contributed by atoms with E-state index in [1.165, 1.54) is 5.69 Å². The lowest BCUT2D eigenvalue weighted by Gasteiger charge is -2.35. The summed E-state index contributed by atoms with van der Waals surface area (Å²) in [5.41, 5.74) is 3.49. The van der Waals surface area contributed by atoms with E-state index in [1.54, 1.807) is 6.33 Å². The fourth-order valence-electron chi connectivity index (χ4n) is 3.24. The van der Waals surface area contributed by atoms with Gasteiger partial charge >= 0.3 is 0 Å². The fourth-order valence-corrected chi connectivity index (χ4v) is 3.24. The maximum atomic E-state index is 4.44. The van der Waals surface area contributed by atoms with Crippen LogP contribution in [0.2, 0.25) is 0 Å². The van der Waals surface area contributed by atoms with E-state index in [1.807, 2.05) is 16.8 Å². The van der Waals surface area contributed by atoms with E-state index < -0.39 is 0 Å². The summed E-state index contributed by atoms with van der Waals surface area (Å²) in [7, 11) is 0. The second-order valence-corrected chi connectivity index (χ2v) is 6.17. The number of aromatic nitrogens is 4. The summed E-state index contributed by atoms with van der Waals surface area (Å²) < 4.78 is 2.03. The van der Waals surface area contributed by atoms with Crippen LogP contribution in [0.1, 0.15) is 18.3 Å². The first-order chi connectivity index (χ1) is 11.8. The van der Waals surface area contributed by atoms with Crippen molar-refractivity contribution < 1.29 is 0 Å². The second kappa shape index (κ2) is 6.57. The zero-order valence-corrected chi connectivity index (χ0v) is 14.0. The molecule has 0 saturated carbocycles. The minimum Gasteiger partial charge on any atom is -0.354 e. The Bertz CT molecular complexity index is 819. The van der Waals surface area contributed by atoms with E-state index >= 15 is 0 Å². The van der Waals surface area contributed by atoms with Gasteiger partial charge in [0.15, 0.2) is 0 Å². The first-order valence-corrected chi connectivity index (χ1v) is 8.53. The van der Waals surface area contributed by atoms with Crippen molar-refractivity contribution in [2.45, 2.75) is 19.9 Å². The van der Waals surface area contributed by atoms with Crippen molar-refractivity contribution in [3.63, 3.8) is 0 Å². The van der Waals surface area contributed by atoms with E-state index in [0.717, 1.165) is 56.2 Å². The monoisotopic (exact) mass is 322 g/mol. The molecule has 1 aliphatic rings. The van der Waals surface area contributed by atoms with Gasteiger partial charge in [-0.15, -0.1) is 0 Å². The van der Waals surface area contributed by atoms with E-state index in [0.29, 0.717) is 0 Å². The molecule has 24 heavy (non-hydrogen) atoms. The van der Waals surface area contributed by atoms with E-state index in [2.05, 4.69) is 56.1 Å². The number of hydrogen-bond acceptors (Lipinski definition) is 5. The Balaban J connectivity index is 1.42. The van der Waals surface area contributed by atoms with Gasteiger partial charge in [-0.3, -0.25) is 4.90 Å². The normalized spacial score (nSPS) is 16.0. The largest absolute Gasteiger partial charge is 0.354 e. The van der Waals surface area contributed by atoms with E-state index in [-0.39, 0.29) is 0 Å². The molecule has 0 atom stereocenters. The molecule has 0 amide bonds. The van der Waals surface area contributed by atoms with Crippen molar-refractivity contribution in [2.24, 2.45) is 0 Å². The van der Waals surface area contributed by atoms with Gasteiger partial charge in [0.25, 0.3) is 0 Å². The molecule has 0 N–H and O–H groups in total. The maximum Gasteiger partial charge on any atom is 0.132 e. The van der Waals surface area contributed by atoms with E-state index in [9.17, 15) is 0 Å². The number of piperazine rings is 1. The van der Waals surface area contributed by atoms with Crippen LogP contribution in [-0.4, -0.2) is 50.7 Å². The van der Waals surface area contributed by atoms with Crippen LogP contribution in [0.4, 0.5) is 5.82 Å². The zero-order valence-electron chi connectivity index (χ0n) is 14.0. The smallest absolute Gasteiger partial charge is 0.132 e. The number of rotatable bonds is 4. The van der Waals surface area contributed by atoms with Crippen LogP contribution in [0.3, 0.4) is 0 Å². The third-order valence-electron chi connectivity index (χ3n) is 4.65. The first-order valence-electron chi connectivity index (χ1n) is 8.53. The van der Waals surface area contributed by atoms with Crippen LogP contribution >= 0.6 is 0 Å². The summed E-state index contributed by atoms with van der Waals surface area (Å²) in [6.07, 6.45) is 4.49. The van der Waals surface area contributed by atoms with E-state index in [4.69, 9.17) is 0 Å². The van der Waals surface area contributed by atoms with Gasteiger partial charge in [-0.25, -0.2) is 14.5 Å². The molecule has 6 nitrogen and oxygen atoms in total. The molecule has 1 saturated heterocycles. The summed E-state index contributed by atoms with van der Waals surface area (Å²) in [5.74, 6) is 1.05. The third kappa shape index (κ3) is 2.97. The Morgan fingerprint density at radius 1 is 1.04 bits per heavy atom. The van der Waals surface area contributed by atoms with Crippen molar-refractivity contribution in [2.75, 3.05) is 31.1 Å². The van der Waals surface area contributed by atoms with Gasteiger partial charge in [0.05, 0.1) is 11.2 Å². The van der Waals surface area contributed by atoms with Crippen LogP contribution in [0, 0.1) is 0 Å². The molecule has 0 unspecified atom stereocenters. The molecule has 6 heteroatoms. The highest BCUT2D eigenvalue weighted by atomic mass is 15.3. The molecule has 4 heterocycles. The minimum atomic E-state index is 0.927. The summed E-state index contributed by atoms with van der Waals surface area (Å²) in [4.78, 5) is 13.6. The molecule has 124 valence electrons. The summed E-state index contributed by atoms with van der Waals surface area (Å²) in [6.45, 7) is 7.10. The third-order valence-corrected chi connectivity index (χ3v) is 4.65. The average molecular weight is 322 g/mol. The predicted molar refractivity (Wildman–Crippen MR) is 94.1 cm³/mol. The highest BCUT2D eigenvalue weighted by molar-refractivity contribution is 5.46. The molecule has 3 aromatic heterocycles. The van der Waals surface area contributed by atoms with Crippen molar-refractivity contribution in [3.05, 3.63) is 54.2 Å². The molecule has 0 aromatic carbocycles. The highest BCUT2D eigenvalue weighted by Gasteiger charge is 2.19. The van der Waals surface area contributed by atoms with Crippen molar-refractivity contribution >= 4 is 11.3 Å². The SMILES string of the molecule is CCc1cc(N2CCN(Cc3cccc4ccnn34)CC2)ncn1. The van der Waals surface area contributed by atoms with Crippen molar-refractivity contribution in [1.29, 1.82) is 0 Å². The molecule has 0 bridgehead atoms. The van der Waals surface area contributed by atoms with Gasteiger partial charge in [-0.1, -0.05) is 13.0 Å². The standard InChI is InChI=1S/C18H22N6/c1-2-15-12-18(20-14-19-15)23-10-8-22(9-11-23)13-17-5-3-4-16-6-7-21-24(16)17/h3-7,12,14H,2,8-11,13H2,1H3. The molecule has 0 spiro atoms. The van der Waals surface area contributed by atoms with Crippen LogP contribution in [0.25, 0.3) is 5.52 Å². The average Bonchev–Trinajstić information content (AvgIpc) is 3.12. The Morgan fingerprint density at radius 2 is 1.92 bits per heavy atom. The Labute approximate surface area is 141 Å². The number of anilines is 1. The quantitative estimate of drug-likeness (QED) is 0.735.